The van der Waals surface area contributed by atoms with E-state index in [9.17, 15) is 0 Å². The molecule has 1 aliphatic heterocycles. The summed E-state index contributed by atoms with van der Waals surface area (Å²) < 4.78 is 12.2. The van der Waals surface area contributed by atoms with Crippen molar-refractivity contribution in [1.29, 1.82) is 0 Å². The number of halogens is 1. The first kappa shape index (κ1) is 21.6. The molecular weight excluding hydrogens is 433 g/mol. The normalized spacial score (nSPS) is 23.8. The van der Waals surface area contributed by atoms with E-state index in [0.717, 1.165) is 11.1 Å². The molecule has 0 bridgehead atoms. The van der Waals surface area contributed by atoms with Crippen molar-refractivity contribution in [3.63, 3.8) is 0 Å². The third-order valence-corrected chi connectivity index (χ3v) is 7.35. The van der Waals surface area contributed by atoms with Crippen molar-refractivity contribution < 1.29 is 9.05 Å². The van der Waals surface area contributed by atoms with Crippen molar-refractivity contribution in [2.45, 2.75) is 33.4 Å². The monoisotopic (exact) mass is 455 g/mol. The van der Waals surface area contributed by atoms with Gasteiger partial charge in [0.25, 0.3) is 6.64 Å². The lowest BCUT2D eigenvalue weighted by Gasteiger charge is -2.43. The van der Waals surface area contributed by atoms with Crippen LogP contribution in [0.5, 0.6) is 0 Å². The average Bonchev–Trinajstić information content (AvgIpc) is 2.64. The number of nitrogens with zero attached hydrogens (tertiary/aromatic N) is 1. The molecule has 0 spiro atoms. The van der Waals surface area contributed by atoms with Gasteiger partial charge in [0.05, 0.1) is 12.7 Å². The first-order valence-corrected chi connectivity index (χ1v) is 12.3. The van der Waals surface area contributed by atoms with E-state index in [0.29, 0.717) is 23.4 Å². The molecule has 28 heavy (non-hydrogen) atoms. The second kappa shape index (κ2) is 8.74. The van der Waals surface area contributed by atoms with Crippen LogP contribution in [0.2, 0.25) is 5.15 Å². The minimum Gasteiger partial charge on any atom is -0.358 e. The molecule has 2 atom stereocenters. The minimum absolute atomic E-state index is 0.177. The van der Waals surface area contributed by atoms with Crippen LogP contribution in [0.1, 0.15) is 36.6 Å². The van der Waals surface area contributed by atoms with Crippen LogP contribution in [0.3, 0.4) is 0 Å². The highest BCUT2D eigenvalue weighted by atomic mass is 35.5. The van der Waals surface area contributed by atoms with E-state index < -0.39 is 6.64 Å². The van der Waals surface area contributed by atoms with Gasteiger partial charge in [0, 0.05) is 18.2 Å². The van der Waals surface area contributed by atoms with Crippen LogP contribution in [0, 0.1) is 12.3 Å². The van der Waals surface area contributed by atoms with Crippen molar-refractivity contribution >= 4 is 47.4 Å². The summed E-state index contributed by atoms with van der Waals surface area (Å²) in [5.41, 5.74) is 3.03. The first-order chi connectivity index (χ1) is 13.2. The maximum atomic E-state index is 6.29. The summed E-state index contributed by atoms with van der Waals surface area (Å²) in [6.07, 6.45) is 1.52. The van der Waals surface area contributed by atoms with Gasteiger partial charge in [-0.05, 0) is 48.1 Å². The molecule has 150 valence electrons. The van der Waals surface area contributed by atoms with Gasteiger partial charge in [-0.15, -0.1) is 0 Å². The lowest BCUT2D eigenvalue weighted by Crippen LogP contribution is -2.40. The van der Waals surface area contributed by atoms with Crippen LogP contribution >= 0.6 is 30.5 Å². The van der Waals surface area contributed by atoms with E-state index in [1.54, 1.807) is 12.3 Å². The molecule has 1 aromatic carbocycles. The number of nitrogens with one attached hydrogen (secondary N) is 2. The van der Waals surface area contributed by atoms with Crippen molar-refractivity contribution in [3.8, 4) is 0 Å². The molecule has 5 nitrogen and oxygen atoms in total. The Morgan fingerprint density at radius 1 is 1.29 bits per heavy atom. The van der Waals surface area contributed by atoms with Gasteiger partial charge in [0.1, 0.15) is 5.15 Å². The largest absolute Gasteiger partial charge is 0.358 e. The van der Waals surface area contributed by atoms with Gasteiger partial charge in [-0.25, -0.2) is 4.98 Å². The number of rotatable bonds is 4. The Balaban J connectivity index is 1.65. The molecule has 1 aliphatic rings. The molecule has 2 aromatic rings. The molecule has 0 amide bonds. The molecule has 1 aromatic heterocycles. The zero-order valence-electron chi connectivity index (χ0n) is 15.9. The Labute approximate surface area is 181 Å². The van der Waals surface area contributed by atoms with Crippen molar-refractivity contribution in [2.75, 3.05) is 6.61 Å². The SMILES string of the molecule is Cc1ccc([C@@H]2O[P@@](=S)(NC(=S)NCc3ccc(Cl)nc3)OCC2(C)C)cc1. The Morgan fingerprint density at radius 3 is 2.64 bits per heavy atom. The molecule has 0 aliphatic carbocycles. The smallest absolute Gasteiger partial charge is 0.289 e. The highest BCUT2D eigenvalue weighted by Crippen LogP contribution is 2.58. The summed E-state index contributed by atoms with van der Waals surface area (Å²) in [5.74, 6) is 0. The van der Waals surface area contributed by atoms with Crippen molar-refractivity contribution in [1.82, 2.24) is 15.4 Å². The van der Waals surface area contributed by atoms with Gasteiger partial charge in [-0.2, -0.15) is 0 Å². The number of thiocarbonyl (C=S) groups is 1. The molecule has 0 unspecified atom stereocenters. The second-order valence-electron chi connectivity index (χ2n) is 7.44. The van der Waals surface area contributed by atoms with Gasteiger partial charge in [-0.1, -0.05) is 61.3 Å². The van der Waals surface area contributed by atoms with E-state index in [2.05, 4.69) is 60.4 Å². The molecule has 0 radical (unpaired) electrons. The molecule has 1 fully saturated rings. The molecule has 0 saturated carbocycles. The van der Waals surface area contributed by atoms with Crippen LogP contribution in [0.15, 0.2) is 42.6 Å². The summed E-state index contributed by atoms with van der Waals surface area (Å²) >= 11 is 16.9. The van der Waals surface area contributed by atoms with Gasteiger partial charge in [-0.3, -0.25) is 5.09 Å². The number of pyridine rings is 1. The van der Waals surface area contributed by atoms with E-state index in [1.807, 2.05) is 6.07 Å². The van der Waals surface area contributed by atoms with Crippen LogP contribution in [0.25, 0.3) is 0 Å². The predicted octanol–water partition coefficient (Wildman–Crippen LogP) is 5.05. The van der Waals surface area contributed by atoms with Gasteiger partial charge >= 0.3 is 0 Å². The third-order valence-electron chi connectivity index (χ3n) is 4.42. The number of benzene rings is 1. The highest BCUT2D eigenvalue weighted by molar-refractivity contribution is 8.09. The zero-order valence-corrected chi connectivity index (χ0v) is 19.2. The fraction of sp³-hybridized carbons (Fsp3) is 0.368. The summed E-state index contributed by atoms with van der Waals surface area (Å²) in [6, 6.07) is 11.9. The molecule has 2 N–H and O–H groups in total. The van der Waals surface area contributed by atoms with E-state index in [1.165, 1.54) is 5.56 Å². The molecule has 2 heterocycles. The first-order valence-electron chi connectivity index (χ1n) is 8.83. The van der Waals surface area contributed by atoms with E-state index in [-0.39, 0.29) is 11.5 Å². The fourth-order valence-electron chi connectivity index (χ4n) is 2.81. The van der Waals surface area contributed by atoms with E-state index in [4.69, 9.17) is 44.7 Å². The quantitative estimate of drug-likeness (QED) is 0.380. The van der Waals surface area contributed by atoms with Crippen LogP contribution in [-0.2, 0) is 27.4 Å². The predicted molar refractivity (Wildman–Crippen MR) is 121 cm³/mol. The summed E-state index contributed by atoms with van der Waals surface area (Å²) in [4.78, 5) is 4.05. The number of hydrogen-bond donors (Lipinski definition) is 2. The number of hydrogen-bond acceptors (Lipinski definition) is 5. The number of aryl methyl sites for hydroxylation is 1. The van der Waals surface area contributed by atoms with Gasteiger partial charge < -0.3 is 14.4 Å². The molecule has 3 rings (SSSR count). The maximum Gasteiger partial charge on any atom is 0.289 e. The van der Waals surface area contributed by atoms with Gasteiger partial charge in [0.2, 0.25) is 0 Å². The summed E-state index contributed by atoms with van der Waals surface area (Å²) in [6.45, 7) is 4.50. The Hall–Kier alpha value is -1.08. The average molecular weight is 456 g/mol. The van der Waals surface area contributed by atoms with Crippen molar-refractivity contribution in [3.05, 3.63) is 64.4 Å². The van der Waals surface area contributed by atoms with Gasteiger partial charge in [0.15, 0.2) is 5.11 Å². The zero-order chi connectivity index (χ0) is 20.4. The Bertz CT molecular complexity index is 891. The van der Waals surface area contributed by atoms with E-state index >= 15 is 0 Å². The highest BCUT2D eigenvalue weighted by Gasteiger charge is 2.43. The second-order valence-corrected chi connectivity index (χ2v) is 11.4. The molecule has 1 saturated heterocycles. The maximum absolute atomic E-state index is 6.29. The summed E-state index contributed by atoms with van der Waals surface area (Å²) in [7, 11) is 0. The fourth-order valence-corrected chi connectivity index (χ4v) is 5.91. The van der Waals surface area contributed by atoms with Crippen LogP contribution in [0.4, 0.5) is 0 Å². The molecule has 9 heteroatoms. The topological polar surface area (TPSA) is 55.4 Å². The lowest BCUT2D eigenvalue weighted by molar-refractivity contribution is -0.0137. The third kappa shape index (κ3) is 5.50. The Morgan fingerprint density at radius 2 is 2.00 bits per heavy atom. The van der Waals surface area contributed by atoms with Crippen LogP contribution < -0.4 is 10.4 Å². The lowest BCUT2D eigenvalue weighted by atomic mass is 9.83. The van der Waals surface area contributed by atoms with Crippen molar-refractivity contribution in [2.24, 2.45) is 5.41 Å². The summed E-state index contributed by atoms with van der Waals surface area (Å²) in [5, 5.41) is 7.04. The molecular formula is C19H23ClN3O2PS2. The minimum atomic E-state index is -2.77. The number of aromatic nitrogens is 1. The van der Waals surface area contributed by atoms with Crippen LogP contribution in [-0.4, -0.2) is 16.7 Å². The Kier molecular flexibility index (Phi) is 6.75. The standard InChI is InChI=1S/C19H23ClN3O2PS2/c1-13-4-7-15(8-5-13)17-19(2,3)12-24-26(28,25-17)23-18(27)22-11-14-6-9-16(20)21-10-14/h4-10,17H,11-12H2,1-3H3,(H2,22,23,27,28)/t17-,26+/m0/s1.